The van der Waals surface area contributed by atoms with E-state index in [1.165, 1.54) is 30.5 Å². The Kier molecular flexibility index (Phi) is 3.32. The summed E-state index contributed by atoms with van der Waals surface area (Å²) < 4.78 is 25.6. The smallest absolute Gasteiger partial charge is 0.255 e. The van der Waals surface area contributed by atoms with Gasteiger partial charge in [-0.1, -0.05) is 0 Å². The van der Waals surface area contributed by atoms with Crippen molar-refractivity contribution in [2.75, 3.05) is 5.32 Å². The van der Waals surface area contributed by atoms with Crippen LogP contribution < -0.4 is 5.32 Å². The summed E-state index contributed by atoms with van der Waals surface area (Å²) in [6, 6.07) is 6.60. The lowest BCUT2D eigenvalue weighted by Crippen LogP contribution is -2.12. The van der Waals surface area contributed by atoms with E-state index in [1.807, 2.05) is 0 Å². The van der Waals surface area contributed by atoms with Gasteiger partial charge in [-0.15, -0.1) is 0 Å². The van der Waals surface area contributed by atoms with Crippen LogP contribution in [-0.4, -0.2) is 10.9 Å². The average Bonchev–Trinajstić information content (AvgIpc) is 2.35. The van der Waals surface area contributed by atoms with Crippen LogP contribution in [0.5, 0.6) is 0 Å². The highest BCUT2D eigenvalue weighted by molar-refractivity contribution is 6.04. The number of halogens is 2. The summed E-state index contributed by atoms with van der Waals surface area (Å²) in [5.41, 5.74) is 1.10. The van der Waals surface area contributed by atoms with Crippen LogP contribution in [-0.2, 0) is 0 Å². The minimum absolute atomic E-state index is 0.332. The van der Waals surface area contributed by atoms with Gasteiger partial charge in [0, 0.05) is 5.56 Å². The molecule has 0 radical (unpaired) electrons. The Morgan fingerprint density at radius 3 is 2.61 bits per heavy atom. The molecule has 1 aromatic heterocycles. The predicted molar refractivity (Wildman–Crippen MR) is 63.3 cm³/mol. The zero-order chi connectivity index (χ0) is 13.1. The van der Waals surface area contributed by atoms with Crippen molar-refractivity contribution < 1.29 is 13.6 Å². The number of rotatable bonds is 2. The minimum Gasteiger partial charge on any atom is -0.321 e. The molecule has 0 aliphatic heterocycles. The van der Waals surface area contributed by atoms with Crippen molar-refractivity contribution in [2.24, 2.45) is 0 Å². The van der Waals surface area contributed by atoms with Crippen LogP contribution in [0.15, 0.2) is 36.5 Å². The number of carbonyl (C=O) groups is 1. The molecule has 0 atom stereocenters. The van der Waals surface area contributed by atoms with E-state index >= 15 is 0 Å². The number of hydrogen-bond donors (Lipinski definition) is 1. The lowest BCUT2D eigenvalue weighted by molar-refractivity contribution is 0.102. The Morgan fingerprint density at radius 2 is 2.00 bits per heavy atom. The summed E-state index contributed by atoms with van der Waals surface area (Å²) in [7, 11) is 0. The zero-order valence-electron chi connectivity index (χ0n) is 9.58. The third kappa shape index (κ3) is 2.68. The van der Waals surface area contributed by atoms with E-state index in [-0.39, 0.29) is 5.82 Å². The van der Waals surface area contributed by atoms with Crippen molar-refractivity contribution in [3.8, 4) is 0 Å². The number of aromatic nitrogens is 1. The van der Waals surface area contributed by atoms with Gasteiger partial charge in [-0.05, 0) is 42.8 Å². The maximum absolute atomic E-state index is 13.1. The highest BCUT2D eigenvalue weighted by Crippen LogP contribution is 2.12. The number of carbonyl (C=O) groups excluding carboxylic acids is 1. The molecule has 2 rings (SSSR count). The first-order valence-corrected chi connectivity index (χ1v) is 5.25. The summed E-state index contributed by atoms with van der Waals surface area (Å²) >= 11 is 0. The molecule has 0 unspecified atom stereocenters. The average molecular weight is 248 g/mol. The molecular formula is C13H10F2N2O. The number of hydrogen-bond acceptors (Lipinski definition) is 2. The number of amides is 1. The summed E-state index contributed by atoms with van der Waals surface area (Å²) in [6.07, 6.45) is 1.21. The van der Waals surface area contributed by atoms with Crippen molar-refractivity contribution in [1.82, 2.24) is 4.98 Å². The van der Waals surface area contributed by atoms with Gasteiger partial charge in [-0.3, -0.25) is 4.79 Å². The van der Waals surface area contributed by atoms with E-state index in [9.17, 15) is 13.6 Å². The molecule has 2 aromatic rings. The van der Waals surface area contributed by atoms with Crippen LogP contribution in [0.25, 0.3) is 0 Å². The maximum atomic E-state index is 13.1. The molecule has 5 heteroatoms. The fraction of sp³-hybridized carbons (Fsp3) is 0.0769. The van der Waals surface area contributed by atoms with Crippen molar-refractivity contribution in [2.45, 2.75) is 6.92 Å². The molecule has 0 saturated heterocycles. The fourth-order valence-electron chi connectivity index (χ4n) is 1.44. The third-order valence-corrected chi connectivity index (χ3v) is 2.41. The van der Waals surface area contributed by atoms with Gasteiger partial charge < -0.3 is 5.32 Å². The molecule has 1 aromatic carbocycles. The molecule has 0 saturated carbocycles. The topological polar surface area (TPSA) is 42.0 Å². The fourth-order valence-corrected chi connectivity index (χ4v) is 1.44. The number of benzene rings is 1. The standard InChI is InChI=1S/C13H10F2N2O/c1-8-6-9(2-4-11(8)14)13(18)17-10-3-5-12(15)16-7-10/h2-7H,1H3,(H,17,18). The second kappa shape index (κ2) is 4.91. The number of aryl methyl sites for hydroxylation is 1. The van der Waals surface area contributed by atoms with E-state index in [1.54, 1.807) is 6.92 Å². The Morgan fingerprint density at radius 1 is 1.22 bits per heavy atom. The van der Waals surface area contributed by atoms with Gasteiger partial charge in [0.25, 0.3) is 5.91 Å². The summed E-state index contributed by atoms with van der Waals surface area (Å²) in [5.74, 6) is -1.38. The lowest BCUT2D eigenvalue weighted by atomic mass is 10.1. The van der Waals surface area contributed by atoms with Crippen LogP contribution in [0.1, 0.15) is 15.9 Å². The van der Waals surface area contributed by atoms with Gasteiger partial charge in [0.15, 0.2) is 0 Å². The minimum atomic E-state index is -0.620. The molecule has 1 amide bonds. The van der Waals surface area contributed by atoms with Crippen LogP contribution in [0.2, 0.25) is 0 Å². The highest BCUT2D eigenvalue weighted by Gasteiger charge is 2.08. The molecule has 0 aliphatic rings. The van der Waals surface area contributed by atoms with E-state index in [2.05, 4.69) is 10.3 Å². The second-order valence-electron chi connectivity index (χ2n) is 3.79. The molecular weight excluding hydrogens is 238 g/mol. The SMILES string of the molecule is Cc1cc(C(=O)Nc2ccc(F)nc2)ccc1F. The molecule has 1 heterocycles. The molecule has 18 heavy (non-hydrogen) atoms. The molecule has 0 aliphatic carbocycles. The van der Waals surface area contributed by atoms with Crippen LogP contribution in [0.4, 0.5) is 14.5 Å². The highest BCUT2D eigenvalue weighted by atomic mass is 19.1. The van der Waals surface area contributed by atoms with Crippen LogP contribution in [0.3, 0.4) is 0 Å². The predicted octanol–water partition coefficient (Wildman–Crippen LogP) is 2.92. The van der Waals surface area contributed by atoms with Crippen molar-refractivity contribution in [3.05, 3.63) is 59.4 Å². The monoisotopic (exact) mass is 248 g/mol. The van der Waals surface area contributed by atoms with Crippen LogP contribution >= 0.6 is 0 Å². The quantitative estimate of drug-likeness (QED) is 0.830. The summed E-state index contributed by atoms with van der Waals surface area (Å²) in [4.78, 5) is 15.2. The van der Waals surface area contributed by atoms with Gasteiger partial charge in [-0.2, -0.15) is 4.39 Å². The first-order chi connectivity index (χ1) is 8.56. The first-order valence-electron chi connectivity index (χ1n) is 5.25. The molecule has 92 valence electrons. The van der Waals surface area contributed by atoms with E-state index in [4.69, 9.17) is 0 Å². The zero-order valence-corrected chi connectivity index (χ0v) is 9.58. The third-order valence-electron chi connectivity index (χ3n) is 2.41. The Hall–Kier alpha value is -2.30. The molecule has 1 N–H and O–H groups in total. The van der Waals surface area contributed by atoms with Gasteiger partial charge in [-0.25, -0.2) is 9.37 Å². The summed E-state index contributed by atoms with van der Waals surface area (Å²) in [5, 5.41) is 2.54. The molecule has 0 bridgehead atoms. The van der Waals surface area contributed by atoms with Crippen molar-refractivity contribution in [3.63, 3.8) is 0 Å². The molecule has 3 nitrogen and oxygen atoms in total. The van der Waals surface area contributed by atoms with E-state index in [0.717, 1.165) is 6.07 Å². The Labute approximate surface area is 102 Å². The van der Waals surface area contributed by atoms with Gasteiger partial charge in [0.05, 0.1) is 11.9 Å². The second-order valence-corrected chi connectivity index (χ2v) is 3.79. The summed E-state index contributed by atoms with van der Waals surface area (Å²) in [6.45, 7) is 1.57. The molecule has 0 spiro atoms. The number of nitrogens with zero attached hydrogens (tertiary/aromatic N) is 1. The Balaban J connectivity index is 2.16. The van der Waals surface area contributed by atoms with E-state index in [0.29, 0.717) is 16.8 Å². The maximum Gasteiger partial charge on any atom is 0.255 e. The Bertz CT molecular complexity index is 582. The number of anilines is 1. The van der Waals surface area contributed by atoms with E-state index < -0.39 is 11.9 Å². The number of nitrogens with one attached hydrogen (secondary N) is 1. The van der Waals surface area contributed by atoms with Gasteiger partial charge in [0.1, 0.15) is 5.82 Å². The lowest BCUT2D eigenvalue weighted by Gasteiger charge is -2.05. The normalized spacial score (nSPS) is 10.2. The van der Waals surface area contributed by atoms with Crippen LogP contribution in [0, 0.1) is 18.7 Å². The van der Waals surface area contributed by atoms with Gasteiger partial charge in [0.2, 0.25) is 5.95 Å². The van der Waals surface area contributed by atoms with Crippen molar-refractivity contribution >= 4 is 11.6 Å². The van der Waals surface area contributed by atoms with Gasteiger partial charge >= 0.3 is 0 Å². The largest absolute Gasteiger partial charge is 0.321 e. The number of pyridine rings is 1. The van der Waals surface area contributed by atoms with Crippen molar-refractivity contribution in [1.29, 1.82) is 0 Å². The molecule has 0 fully saturated rings. The first kappa shape index (κ1) is 12.2.